The number of fused-ring (bicyclic) bond motifs is 1. The van der Waals surface area contributed by atoms with E-state index in [1.807, 2.05) is 37.3 Å². The van der Waals surface area contributed by atoms with Gasteiger partial charge in [-0.3, -0.25) is 9.89 Å². The molecule has 1 amide bonds. The summed E-state index contributed by atoms with van der Waals surface area (Å²) in [4.78, 5) is 11.1. The Morgan fingerprint density at radius 1 is 1.36 bits per heavy atom. The van der Waals surface area contributed by atoms with Gasteiger partial charge < -0.3 is 10.1 Å². The quantitative estimate of drug-likeness (QED) is 0.750. The van der Waals surface area contributed by atoms with Gasteiger partial charge in [-0.2, -0.15) is 10.4 Å². The Balaban J connectivity index is 2.04. The van der Waals surface area contributed by atoms with Gasteiger partial charge in [0.15, 0.2) is 0 Å². The summed E-state index contributed by atoms with van der Waals surface area (Å²) in [6.07, 6.45) is 0. The maximum atomic E-state index is 11.1. The molecule has 0 saturated heterocycles. The van der Waals surface area contributed by atoms with Gasteiger partial charge in [-0.25, -0.2) is 0 Å². The predicted molar refractivity (Wildman–Crippen MR) is 94.9 cm³/mol. The summed E-state index contributed by atoms with van der Waals surface area (Å²) < 4.78 is 5.57. The number of aromatic nitrogens is 2. The molecule has 25 heavy (non-hydrogen) atoms. The zero-order valence-corrected chi connectivity index (χ0v) is 14.1. The molecule has 1 heterocycles. The highest BCUT2D eigenvalue weighted by Crippen LogP contribution is 2.32. The highest BCUT2D eigenvalue weighted by Gasteiger charge is 2.13. The molecule has 0 aliphatic heterocycles. The number of nitriles is 1. The van der Waals surface area contributed by atoms with Crippen molar-refractivity contribution < 1.29 is 9.53 Å². The minimum absolute atomic E-state index is 0.0685. The molecule has 3 aromatic rings. The van der Waals surface area contributed by atoms with Crippen LogP contribution in [0.4, 0.5) is 0 Å². The molecule has 0 aliphatic rings. The number of rotatable bonds is 5. The first-order valence-electron chi connectivity index (χ1n) is 8.01. The van der Waals surface area contributed by atoms with Gasteiger partial charge in [0, 0.05) is 24.4 Å². The Hall–Kier alpha value is -3.33. The van der Waals surface area contributed by atoms with Crippen LogP contribution in [0.3, 0.4) is 0 Å². The van der Waals surface area contributed by atoms with Crippen molar-refractivity contribution in [2.45, 2.75) is 20.4 Å². The molecular weight excluding hydrogens is 316 g/mol. The molecule has 1 aromatic heterocycles. The molecule has 2 N–H and O–H groups in total. The van der Waals surface area contributed by atoms with Crippen molar-refractivity contribution in [2.24, 2.45) is 0 Å². The van der Waals surface area contributed by atoms with Gasteiger partial charge in [0.2, 0.25) is 5.91 Å². The van der Waals surface area contributed by atoms with Crippen LogP contribution in [0.15, 0.2) is 36.4 Å². The number of H-pyrrole nitrogens is 1. The Bertz CT molecular complexity index is 969. The number of aromatic amines is 1. The fourth-order valence-electron chi connectivity index (χ4n) is 2.68. The number of carbonyl (C=O) groups excluding carboxylic acids is 1. The lowest BCUT2D eigenvalue weighted by Crippen LogP contribution is -2.18. The van der Waals surface area contributed by atoms with E-state index in [1.54, 1.807) is 6.07 Å². The standard InChI is InChI=1S/C19H18N4O2/c1-3-25-18-9-16-17(8-15(18)10-20)22-23-19(16)14-6-4-5-13(7-14)11-21-12(2)24/h4-9H,3,11H2,1-2H3,(H,21,24)(H,22,23). The van der Waals surface area contributed by atoms with Crippen molar-refractivity contribution in [3.63, 3.8) is 0 Å². The van der Waals surface area contributed by atoms with Crippen LogP contribution in [-0.4, -0.2) is 22.7 Å². The van der Waals surface area contributed by atoms with Crippen molar-refractivity contribution >= 4 is 16.8 Å². The van der Waals surface area contributed by atoms with Crippen molar-refractivity contribution in [1.82, 2.24) is 15.5 Å². The SMILES string of the molecule is CCOc1cc2c(-c3cccc(CNC(C)=O)c3)n[nH]c2cc1C#N. The number of hydrogen-bond acceptors (Lipinski definition) is 4. The van der Waals surface area contributed by atoms with Crippen LogP contribution in [0.25, 0.3) is 22.2 Å². The largest absolute Gasteiger partial charge is 0.492 e. The second-order valence-electron chi connectivity index (χ2n) is 5.62. The Morgan fingerprint density at radius 2 is 2.20 bits per heavy atom. The molecule has 0 bridgehead atoms. The van der Waals surface area contributed by atoms with Gasteiger partial charge in [-0.1, -0.05) is 18.2 Å². The van der Waals surface area contributed by atoms with E-state index in [0.29, 0.717) is 24.5 Å². The monoisotopic (exact) mass is 334 g/mol. The topological polar surface area (TPSA) is 90.8 Å². The molecule has 0 atom stereocenters. The van der Waals surface area contributed by atoms with Crippen LogP contribution in [0.2, 0.25) is 0 Å². The maximum absolute atomic E-state index is 11.1. The minimum atomic E-state index is -0.0685. The van der Waals surface area contributed by atoms with Crippen LogP contribution in [0.1, 0.15) is 25.0 Å². The Labute approximate surface area is 145 Å². The number of ether oxygens (including phenoxy) is 1. The molecular formula is C19H18N4O2. The second-order valence-corrected chi connectivity index (χ2v) is 5.62. The lowest BCUT2D eigenvalue weighted by molar-refractivity contribution is -0.119. The number of benzene rings is 2. The third-order valence-electron chi connectivity index (χ3n) is 3.83. The van der Waals surface area contributed by atoms with E-state index in [1.165, 1.54) is 6.92 Å². The molecule has 6 heteroatoms. The van der Waals surface area contributed by atoms with Crippen molar-refractivity contribution in [3.05, 3.63) is 47.5 Å². The normalized spacial score (nSPS) is 10.4. The molecule has 2 aromatic carbocycles. The van der Waals surface area contributed by atoms with Gasteiger partial charge in [-0.15, -0.1) is 0 Å². The molecule has 0 fully saturated rings. The van der Waals surface area contributed by atoms with Crippen LogP contribution in [-0.2, 0) is 11.3 Å². The lowest BCUT2D eigenvalue weighted by atomic mass is 10.0. The Kier molecular flexibility index (Phi) is 4.66. The van der Waals surface area contributed by atoms with E-state index in [-0.39, 0.29) is 5.91 Å². The van der Waals surface area contributed by atoms with Crippen molar-refractivity contribution in [2.75, 3.05) is 6.61 Å². The predicted octanol–water partition coefficient (Wildman–Crippen LogP) is 3.14. The molecule has 0 saturated carbocycles. The van der Waals surface area contributed by atoms with Crippen molar-refractivity contribution in [1.29, 1.82) is 5.26 Å². The molecule has 6 nitrogen and oxygen atoms in total. The third kappa shape index (κ3) is 3.45. The average Bonchev–Trinajstić information content (AvgIpc) is 3.02. The fraction of sp³-hybridized carbons (Fsp3) is 0.211. The number of nitrogens with zero attached hydrogens (tertiary/aromatic N) is 2. The molecule has 0 radical (unpaired) electrons. The summed E-state index contributed by atoms with van der Waals surface area (Å²) in [5, 5.41) is 20.3. The van der Waals surface area contributed by atoms with E-state index in [9.17, 15) is 10.1 Å². The highest BCUT2D eigenvalue weighted by atomic mass is 16.5. The third-order valence-corrected chi connectivity index (χ3v) is 3.83. The van der Waals surface area contributed by atoms with Gasteiger partial charge >= 0.3 is 0 Å². The molecule has 0 unspecified atom stereocenters. The van der Waals surface area contributed by atoms with Gasteiger partial charge in [-0.05, 0) is 30.7 Å². The van der Waals surface area contributed by atoms with Crippen LogP contribution < -0.4 is 10.1 Å². The summed E-state index contributed by atoms with van der Waals surface area (Å²) >= 11 is 0. The van der Waals surface area contributed by atoms with Crippen LogP contribution >= 0.6 is 0 Å². The minimum Gasteiger partial charge on any atom is -0.492 e. The van der Waals surface area contributed by atoms with Crippen molar-refractivity contribution in [3.8, 4) is 23.1 Å². The molecule has 126 valence electrons. The number of nitrogens with one attached hydrogen (secondary N) is 2. The van der Waals surface area contributed by atoms with Crippen LogP contribution in [0, 0.1) is 11.3 Å². The van der Waals surface area contributed by atoms with Gasteiger partial charge in [0.1, 0.15) is 17.5 Å². The zero-order chi connectivity index (χ0) is 17.8. The summed E-state index contributed by atoms with van der Waals surface area (Å²) in [5.41, 5.74) is 3.96. The number of carbonyl (C=O) groups is 1. The first-order chi connectivity index (χ1) is 12.1. The van der Waals surface area contributed by atoms with E-state index >= 15 is 0 Å². The maximum Gasteiger partial charge on any atom is 0.217 e. The average molecular weight is 334 g/mol. The highest BCUT2D eigenvalue weighted by molar-refractivity contribution is 5.95. The van der Waals surface area contributed by atoms with E-state index in [4.69, 9.17) is 4.74 Å². The van der Waals surface area contributed by atoms with Gasteiger partial charge in [0.25, 0.3) is 0 Å². The second kappa shape index (κ2) is 7.05. The van der Waals surface area contributed by atoms with E-state index in [2.05, 4.69) is 21.6 Å². The fourth-order valence-corrected chi connectivity index (χ4v) is 2.68. The lowest BCUT2D eigenvalue weighted by Gasteiger charge is -2.07. The summed E-state index contributed by atoms with van der Waals surface area (Å²) in [7, 11) is 0. The summed E-state index contributed by atoms with van der Waals surface area (Å²) in [5.74, 6) is 0.482. The van der Waals surface area contributed by atoms with Crippen LogP contribution in [0.5, 0.6) is 5.75 Å². The molecule has 0 spiro atoms. The first kappa shape index (κ1) is 16.5. The first-order valence-corrected chi connectivity index (χ1v) is 8.01. The van der Waals surface area contributed by atoms with Gasteiger partial charge in [0.05, 0.1) is 17.7 Å². The molecule has 0 aliphatic carbocycles. The van der Waals surface area contributed by atoms with E-state index in [0.717, 1.165) is 27.7 Å². The molecule has 3 rings (SSSR count). The number of amides is 1. The summed E-state index contributed by atoms with van der Waals surface area (Å²) in [6, 6.07) is 13.6. The zero-order valence-electron chi connectivity index (χ0n) is 14.1. The number of hydrogen-bond donors (Lipinski definition) is 2. The Morgan fingerprint density at radius 3 is 2.92 bits per heavy atom. The smallest absolute Gasteiger partial charge is 0.217 e. The summed E-state index contributed by atoms with van der Waals surface area (Å²) in [6.45, 7) is 4.33. The van der Waals surface area contributed by atoms with E-state index < -0.39 is 0 Å².